The molecule has 4 nitrogen and oxygen atoms in total. The Morgan fingerprint density at radius 3 is 2.71 bits per heavy atom. The molecule has 2 aromatic carbocycles. The Morgan fingerprint density at radius 1 is 1.12 bits per heavy atom. The zero-order valence-corrected chi connectivity index (χ0v) is 13.9. The molecule has 4 heteroatoms. The number of hydrogen-bond acceptors (Lipinski definition) is 3. The van der Waals surface area contributed by atoms with Gasteiger partial charge in [0.15, 0.2) is 0 Å². The topological polar surface area (TPSA) is 41.6 Å². The van der Waals surface area contributed by atoms with E-state index in [9.17, 15) is 4.79 Å². The Kier molecular flexibility index (Phi) is 5.16. The molecule has 2 aromatic rings. The normalized spacial score (nSPS) is 14.1. The van der Waals surface area contributed by atoms with Crippen LogP contribution in [0.3, 0.4) is 0 Å². The van der Waals surface area contributed by atoms with Crippen molar-refractivity contribution in [3.63, 3.8) is 0 Å². The zero-order chi connectivity index (χ0) is 16.8. The summed E-state index contributed by atoms with van der Waals surface area (Å²) in [5, 5.41) is 2.99. The molecule has 0 radical (unpaired) electrons. The van der Waals surface area contributed by atoms with Gasteiger partial charge in [-0.1, -0.05) is 24.3 Å². The third-order valence-corrected chi connectivity index (χ3v) is 4.13. The number of benzene rings is 2. The van der Waals surface area contributed by atoms with Crippen molar-refractivity contribution >= 4 is 23.4 Å². The lowest BCUT2D eigenvalue weighted by atomic mass is 10.2. The van der Waals surface area contributed by atoms with Crippen LogP contribution in [0.25, 0.3) is 6.08 Å². The molecule has 1 heterocycles. The maximum Gasteiger partial charge on any atom is 0.248 e. The summed E-state index contributed by atoms with van der Waals surface area (Å²) in [6.45, 7) is 2.10. The highest BCUT2D eigenvalue weighted by molar-refractivity contribution is 6.03. The van der Waals surface area contributed by atoms with E-state index < -0.39 is 0 Å². The second-order valence-corrected chi connectivity index (χ2v) is 5.81. The lowest BCUT2D eigenvalue weighted by molar-refractivity contribution is -0.111. The number of nitrogens with one attached hydrogen (secondary N) is 1. The van der Waals surface area contributed by atoms with Gasteiger partial charge in [-0.2, -0.15) is 0 Å². The van der Waals surface area contributed by atoms with E-state index in [1.54, 1.807) is 19.3 Å². The summed E-state index contributed by atoms with van der Waals surface area (Å²) in [6.07, 6.45) is 5.75. The van der Waals surface area contributed by atoms with Gasteiger partial charge in [0.05, 0.1) is 18.5 Å². The van der Waals surface area contributed by atoms with Crippen molar-refractivity contribution in [2.24, 2.45) is 0 Å². The van der Waals surface area contributed by atoms with E-state index in [1.165, 1.54) is 12.8 Å². The van der Waals surface area contributed by atoms with Gasteiger partial charge in [0.25, 0.3) is 0 Å². The first-order valence-electron chi connectivity index (χ1n) is 8.23. The van der Waals surface area contributed by atoms with Gasteiger partial charge in [-0.05, 0) is 48.7 Å². The summed E-state index contributed by atoms with van der Waals surface area (Å²) in [6, 6.07) is 15.6. The molecule has 1 amide bonds. The van der Waals surface area contributed by atoms with E-state index in [1.807, 2.05) is 42.5 Å². The summed E-state index contributed by atoms with van der Waals surface area (Å²) in [7, 11) is 1.63. The van der Waals surface area contributed by atoms with Crippen LogP contribution in [-0.4, -0.2) is 26.1 Å². The highest BCUT2D eigenvalue weighted by Gasteiger charge is 2.15. The molecule has 1 aliphatic heterocycles. The lowest BCUT2D eigenvalue weighted by Gasteiger charge is -2.21. The van der Waals surface area contributed by atoms with Crippen LogP contribution < -0.4 is 15.0 Å². The van der Waals surface area contributed by atoms with E-state index in [-0.39, 0.29) is 5.91 Å². The molecule has 0 atom stereocenters. The molecule has 1 aliphatic rings. The molecule has 0 aromatic heterocycles. The van der Waals surface area contributed by atoms with Crippen LogP contribution in [0, 0.1) is 0 Å². The number of hydrogen-bond donors (Lipinski definition) is 1. The quantitative estimate of drug-likeness (QED) is 0.848. The van der Waals surface area contributed by atoms with Crippen LogP contribution in [0.1, 0.15) is 18.4 Å². The fraction of sp³-hybridized carbons (Fsp3) is 0.250. The molecule has 0 spiro atoms. The van der Waals surface area contributed by atoms with Crippen molar-refractivity contribution in [3.8, 4) is 5.75 Å². The molecular formula is C20H22N2O2. The average molecular weight is 322 g/mol. The van der Waals surface area contributed by atoms with Gasteiger partial charge < -0.3 is 15.0 Å². The first kappa shape index (κ1) is 16.1. The number of ether oxygens (including phenoxy) is 1. The van der Waals surface area contributed by atoms with Crippen molar-refractivity contribution in [2.75, 3.05) is 30.4 Å². The minimum Gasteiger partial charge on any atom is -0.497 e. The van der Waals surface area contributed by atoms with E-state index in [0.29, 0.717) is 0 Å². The van der Waals surface area contributed by atoms with E-state index in [2.05, 4.69) is 16.3 Å². The molecule has 1 N–H and O–H groups in total. The minimum absolute atomic E-state index is 0.135. The van der Waals surface area contributed by atoms with Gasteiger partial charge in [-0.25, -0.2) is 0 Å². The van der Waals surface area contributed by atoms with Crippen LogP contribution in [0.4, 0.5) is 11.4 Å². The number of rotatable bonds is 5. The van der Waals surface area contributed by atoms with Crippen molar-refractivity contribution in [1.82, 2.24) is 0 Å². The standard InChI is InChI=1S/C20H22N2O2/c1-24-17-8-6-7-16(15-17)11-12-20(23)21-18-9-2-3-10-19(18)22-13-4-5-14-22/h2-3,6-12,15H,4-5,13-14H2,1H3,(H,21,23)/b12-11+. The van der Waals surface area contributed by atoms with E-state index in [4.69, 9.17) is 4.74 Å². The number of carbonyl (C=O) groups excluding carboxylic acids is 1. The Balaban J connectivity index is 1.69. The summed E-state index contributed by atoms with van der Waals surface area (Å²) in [5.41, 5.74) is 2.88. The molecule has 24 heavy (non-hydrogen) atoms. The van der Waals surface area contributed by atoms with Gasteiger partial charge in [0.1, 0.15) is 5.75 Å². The molecule has 3 rings (SSSR count). The van der Waals surface area contributed by atoms with Crippen molar-refractivity contribution in [1.29, 1.82) is 0 Å². The van der Waals surface area contributed by atoms with E-state index >= 15 is 0 Å². The highest BCUT2D eigenvalue weighted by atomic mass is 16.5. The molecule has 1 saturated heterocycles. The first-order chi connectivity index (χ1) is 11.8. The zero-order valence-electron chi connectivity index (χ0n) is 13.9. The number of para-hydroxylation sites is 2. The average Bonchev–Trinajstić information content (AvgIpc) is 3.15. The van der Waals surface area contributed by atoms with Gasteiger partial charge in [0, 0.05) is 19.2 Å². The molecule has 124 valence electrons. The maximum absolute atomic E-state index is 12.3. The molecule has 0 unspecified atom stereocenters. The number of anilines is 2. The van der Waals surface area contributed by atoms with Gasteiger partial charge in [-0.15, -0.1) is 0 Å². The van der Waals surface area contributed by atoms with Crippen LogP contribution in [0.15, 0.2) is 54.6 Å². The van der Waals surface area contributed by atoms with Gasteiger partial charge in [-0.3, -0.25) is 4.79 Å². The van der Waals surface area contributed by atoms with Crippen molar-refractivity contribution in [2.45, 2.75) is 12.8 Å². The number of methoxy groups -OCH3 is 1. The largest absolute Gasteiger partial charge is 0.497 e. The summed E-state index contributed by atoms with van der Waals surface area (Å²) >= 11 is 0. The monoisotopic (exact) mass is 322 g/mol. The molecule has 0 bridgehead atoms. The first-order valence-corrected chi connectivity index (χ1v) is 8.23. The van der Waals surface area contributed by atoms with E-state index in [0.717, 1.165) is 35.8 Å². The van der Waals surface area contributed by atoms with Gasteiger partial charge in [0.2, 0.25) is 5.91 Å². The SMILES string of the molecule is COc1cccc(/C=C/C(=O)Nc2ccccc2N2CCCC2)c1. The Hall–Kier alpha value is -2.75. The maximum atomic E-state index is 12.3. The predicted octanol–water partition coefficient (Wildman–Crippen LogP) is 3.95. The van der Waals surface area contributed by atoms with Crippen LogP contribution in [-0.2, 0) is 4.79 Å². The predicted molar refractivity (Wildman–Crippen MR) is 98.5 cm³/mol. The Labute approximate surface area is 142 Å². The molecular weight excluding hydrogens is 300 g/mol. The minimum atomic E-state index is -0.135. The van der Waals surface area contributed by atoms with Crippen LogP contribution in [0.5, 0.6) is 5.75 Å². The van der Waals surface area contributed by atoms with Crippen molar-refractivity contribution in [3.05, 3.63) is 60.2 Å². The fourth-order valence-electron chi connectivity index (χ4n) is 2.90. The number of carbonyl (C=O) groups is 1. The fourth-order valence-corrected chi connectivity index (χ4v) is 2.90. The number of amides is 1. The second-order valence-electron chi connectivity index (χ2n) is 5.81. The summed E-state index contributed by atoms with van der Waals surface area (Å²) in [4.78, 5) is 14.6. The van der Waals surface area contributed by atoms with Crippen LogP contribution >= 0.6 is 0 Å². The third kappa shape index (κ3) is 3.96. The third-order valence-electron chi connectivity index (χ3n) is 4.13. The lowest BCUT2D eigenvalue weighted by Crippen LogP contribution is -2.20. The second kappa shape index (κ2) is 7.68. The molecule has 0 aliphatic carbocycles. The van der Waals surface area contributed by atoms with Crippen LogP contribution in [0.2, 0.25) is 0 Å². The smallest absolute Gasteiger partial charge is 0.248 e. The Bertz CT molecular complexity index is 734. The summed E-state index contributed by atoms with van der Waals surface area (Å²) in [5.74, 6) is 0.640. The highest BCUT2D eigenvalue weighted by Crippen LogP contribution is 2.28. The molecule has 0 saturated carbocycles. The Morgan fingerprint density at radius 2 is 1.92 bits per heavy atom. The number of nitrogens with zero attached hydrogens (tertiary/aromatic N) is 1. The van der Waals surface area contributed by atoms with Gasteiger partial charge >= 0.3 is 0 Å². The molecule has 1 fully saturated rings. The van der Waals surface area contributed by atoms with Crippen molar-refractivity contribution < 1.29 is 9.53 Å². The summed E-state index contributed by atoms with van der Waals surface area (Å²) < 4.78 is 5.19.